The minimum absolute atomic E-state index is 0.277. The zero-order valence-electron chi connectivity index (χ0n) is 13.1. The number of para-hydroxylation sites is 1. The predicted molar refractivity (Wildman–Crippen MR) is 92.5 cm³/mol. The van der Waals surface area contributed by atoms with Crippen molar-refractivity contribution in [3.8, 4) is 0 Å². The zero-order valence-corrected chi connectivity index (χ0v) is 13.1. The third kappa shape index (κ3) is 3.01. The van der Waals surface area contributed by atoms with Crippen molar-refractivity contribution in [1.82, 2.24) is 4.98 Å². The summed E-state index contributed by atoms with van der Waals surface area (Å²) in [6.45, 7) is 4.10. The first kappa shape index (κ1) is 15.0. The number of anilines is 2. The van der Waals surface area contributed by atoms with E-state index in [4.69, 9.17) is 5.11 Å². The first-order valence-corrected chi connectivity index (χ1v) is 7.58. The van der Waals surface area contributed by atoms with Gasteiger partial charge in [-0.3, -0.25) is 4.98 Å². The predicted octanol–water partition coefficient (Wildman–Crippen LogP) is 4.55. The molecule has 1 aromatic heterocycles. The molecule has 0 unspecified atom stereocenters. The Balaban J connectivity index is 2.04. The second-order valence-electron chi connectivity index (χ2n) is 5.49. The summed E-state index contributed by atoms with van der Waals surface area (Å²) in [6, 6.07) is 14.9. The average Bonchev–Trinajstić information content (AvgIpc) is 2.54. The maximum atomic E-state index is 10.9. The van der Waals surface area contributed by atoms with Crippen molar-refractivity contribution in [1.29, 1.82) is 0 Å². The van der Waals surface area contributed by atoms with E-state index in [0.29, 0.717) is 0 Å². The number of pyridine rings is 1. The molecule has 0 saturated carbocycles. The van der Waals surface area contributed by atoms with Crippen LogP contribution in [0.1, 0.15) is 28.5 Å². The van der Waals surface area contributed by atoms with Gasteiger partial charge in [-0.05, 0) is 49.2 Å². The molecule has 0 saturated heterocycles. The quantitative estimate of drug-likeness (QED) is 0.742. The molecule has 0 aliphatic heterocycles. The van der Waals surface area contributed by atoms with Crippen LogP contribution in [0.15, 0.2) is 48.5 Å². The molecule has 3 rings (SSSR count). The SMILES string of the molecule is CCc1cccc2c(Nc3ccc(C(=O)O)cc3)cc(C)nc12. The van der Waals surface area contributed by atoms with Gasteiger partial charge in [0.25, 0.3) is 0 Å². The molecule has 1 heterocycles. The van der Waals surface area contributed by atoms with Crippen LogP contribution in [0.25, 0.3) is 10.9 Å². The number of aromatic nitrogens is 1. The number of benzene rings is 2. The summed E-state index contributed by atoms with van der Waals surface area (Å²) >= 11 is 0. The summed E-state index contributed by atoms with van der Waals surface area (Å²) in [5.41, 5.74) is 5.28. The molecule has 3 aromatic rings. The van der Waals surface area contributed by atoms with Crippen LogP contribution >= 0.6 is 0 Å². The van der Waals surface area contributed by atoms with Crippen molar-refractivity contribution in [3.63, 3.8) is 0 Å². The van der Waals surface area contributed by atoms with Gasteiger partial charge in [0.05, 0.1) is 11.1 Å². The van der Waals surface area contributed by atoms with Crippen LogP contribution in [0.5, 0.6) is 0 Å². The average molecular weight is 306 g/mol. The Morgan fingerprint density at radius 3 is 2.57 bits per heavy atom. The molecule has 0 aliphatic rings. The molecule has 116 valence electrons. The Bertz CT molecular complexity index is 870. The van der Waals surface area contributed by atoms with Crippen LogP contribution in [-0.2, 0) is 6.42 Å². The number of nitrogens with one attached hydrogen (secondary N) is 1. The minimum atomic E-state index is -0.922. The van der Waals surface area contributed by atoms with Crippen LogP contribution in [0.3, 0.4) is 0 Å². The lowest BCUT2D eigenvalue weighted by Crippen LogP contribution is -1.98. The number of nitrogens with zero attached hydrogens (tertiary/aromatic N) is 1. The highest BCUT2D eigenvalue weighted by Crippen LogP contribution is 2.28. The van der Waals surface area contributed by atoms with Crippen molar-refractivity contribution in [2.75, 3.05) is 5.32 Å². The number of hydrogen-bond acceptors (Lipinski definition) is 3. The molecule has 0 atom stereocenters. The second kappa shape index (κ2) is 6.08. The Labute approximate surface area is 134 Å². The summed E-state index contributed by atoms with van der Waals surface area (Å²) in [5, 5.41) is 13.4. The molecule has 0 amide bonds. The van der Waals surface area contributed by atoms with Gasteiger partial charge in [-0.15, -0.1) is 0 Å². The van der Waals surface area contributed by atoms with Crippen LogP contribution in [0.2, 0.25) is 0 Å². The number of rotatable bonds is 4. The van der Waals surface area contributed by atoms with Crippen LogP contribution in [-0.4, -0.2) is 16.1 Å². The monoisotopic (exact) mass is 306 g/mol. The fourth-order valence-corrected chi connectivity index (χ4v) is 2.68. The first-order chi connectivity index (χ1) is 11.1. The van der Waals surface area contributed by atoms with Crippen molar-refractivity contribution in [2.24, 2.45) is 0 Å². The van der Waals surface area contributed by atoms with E-state index in [0.717, 1.165) is 34.4 Å². The minimum Gasteiger partial charge on any atom is -0.478 e. The maximum Gasteiger partial charge on any atom is 0.335 e. The third-order valence-corrected chi connectivity index (χ3v) is 3.84. The van der Waals surface area contributed by atoms with Crippen LogP contribution in [0.4, 0.5) is 11.4 Å². The molecule has 0 aliphatic carbocycles. The van der Waals surface area contributed by atoms with Crippen LogP contribution in [0, 0.1) is 6.92 Å². The van der Waals surface area contributed by atoms with Crippen molar-refractivity contribution >= 4 is 28.2 Å². The summed E-state index contributed by atoms with van der Waals surface area (Å²) in [7, 11) is 0. The van der Waals surface area contributed by atoms with E-state index in [1.807, 2.05) is 19.1 Å². The van der Waals surface area contributed by atoms with Crippen LogP contribution < -0.4 is 5.32 Å². The van der Waals surface area contributed by atoms with Gasteiger partial charge in [-0.2, -0.15) is 0 Å². The summed E-state index contributed by atoms with van der Waals surface area (Å²) in [5.74, 6) is -0.922. The van der Waals surface area contributed by atoms with E-state index in [-0.39, 0.29) is 5.56 Å². The molecule has 0 fully saturated rings. The molecule has 2 aromatic carbocycles. The van der Waals surface area contributed by atoms with Gasteiger partial charge < -0.3 is 10.4 Å². The highest BCUT2D eigenvalue weighted by atomic mass is 16.4. The summed E-state index contributed by atoms with van der Waals surface area (Å²) in [4.78, 5) is 15.6. The zero-order chi connectivity index (χ0) is 16.4. The van der Waals surface area contributed by atoms with Gasteiger partial charge in [0, 0.05) is 22.5 Å². The number of carboxylic acids is 1. The molecule has 0 bridgehead atoms. The number of carboxylic acid groups (broad SMARTS) is 1. The van der Waals surface area contributed by atoms with E-state index in [1.54, 1.807) is 24.3 Å². The Morgan fingerprint density at radius 2 is 1.91 bits per heavy atom. The maximum absolute atomic E-state index is 10.9. The standard InChI is InChI=1S/C19H18N2O2/c1-3-13-5-4-6-16-17(11-12(2)20-18(13)16)21-15-9-7-14(8-10-15)19(22)23/h4-11H,3H2,1-2H3,(H,20,21)(H,22,23). The smallest absolute Gasteiger partial charge is 0.335 e. The second-order valence-corrected chi connectivity index (χ2v) is 5.49. The van der Waals surface area contributed by atoms with Crippen molar-refractivity contribution in [3.05, 3.63) is 65.4 Å². The Morgan fingerprint density at radius 1 is 1.17 bits per heavy atom. The molecular weight excluding hydrogens is 288 g/mol. The summed E-state index contributed by atoms with van der Waals surface area (Å²) in [6.07, 6.45) is 0.931. The topological polar surface area (TPSA) is 62.2 Å². The van der Waals surface area contributed by atoms with Gasteiger partial charge in [-0.1, -0.05) is 25.1 Å². The van der Waals surface area contributed by atoms with Gasteiger partial charge in [-0.25, -0.2) is 4.79 Å². The van der Waals surface area contributed by atoms with Gasteiger partial charge in [0.1, 0.15) is 0 Å². The summed E-state index contributed by atoms with van der Waals surface area (Å²) < 4.78 is 0. The molecule has 4 heteroatoms. The molecule has 4 nitrogen and oxygen atoms in total. The third-order valence-electron chi connectivity index (χ3n) is 3.84. The molecular formula is C19H18N2O2. The highest BCUT2D eigenvalue weighted by Gasteiger charge is 2.08. The van der Waals surface area contributed by atoms with E-state index in [9.17, 15) is 4.79 Å². The van der Waals surface area contributed by atoms with Crippen molar-refractivity contribution < 1.29 is 9.90 Å². The molecule has 0 radical (unpaired) electrons. The van der Waals surface area contributed by atoms with Gasteiger partial charge in [0.15, 0.2) is 0 Å². The normalized spacial score (nSPS) is 10.7. The van der Waals surface area contributed by atoms with Gasteiger partial charge >= 0.3 is 5.97 Å². The Hall–Kier alpha value is -2.88. The number of aromatic carboxylic acids is 1. The fraction of sp³-hybridized carbons (Fsp3) is 0.158. The fourth-order valence-electron chi connectivity index (χ4n) is 2.68. The molecule has 0 spiro atoms. The highest BCUT2D eigenvalue weighted by molar-refractivity contribution is 5.95. The van der Waals surface area contributed by atoms with Gasteiger partial charge in [0.2, 0.25) is 0 Å². The van der Waals surface area contributed by atoms with Crippen molar-refractivity contribution in [2.45, 2.75) is 20.3 Å². The number of hydrogen-bond donors (Lipinski definition) is 2. The largest absolute Gasteiger partial charge is 0.478 e. The number of aryl methyl sites for hydroxylation is 2. The number of fused-ring (bicyclic) bond motifs is 1. The lowest BCUT2D eigenvalue weighted by atomic mass is 10.1. The lowest BCUT2D eigenvalue weighted by Gasteiger charge is -2.13. The van der Waals surface area contributed by atoms with E-state index < -0.39 is 5.97 Å². The van der Waals surface area contributed by atoms with E-state index in [1.165, 1.54) is 5.56 Å². The molecule has 2 N–H and O–H groups in total. The molecule has 23 heavy (non-hydrogen) atoms. The lowest BCUT2D eigenvalue weighted by molar-refractivity contribution is 0.0697. The van der Waals surface area contributed by atoms with E-state index in [2.05, 4.69) is 29.4 Å². The first-order valence-electron chi connectivity index (χ1n) is 7.58. The van der Waals surface area contributed by atoms with E-state index >= 15 is 0 Å². The Kier molecular flexibility index (Phi) is 3.98. The number of carbonyl (C=O) groups is 1.